The highest BCUT2D eigenvalue weighted by molar-refractivity contribution is 9.10. The number of hydrogen-bond donors (Lipinski definition) is 1. The Kier molecular flexibility index (Phi) is 6.98. The highest BCUT2D eigenvalue weighted by atomic mass is 79.9. The average molecular weight is 463 g/mol. The second-order valence-electron chi connectivity index (χ2n) is 6.54. The first-order valence-electron chi connectivity index (χ1n) is 9.25. The van der Waals surface area contributed by atoms with Gasteiger partial charge in [0.05, 0.1) is 25.5 Å². The van der Waals surface area contributed by atoms with Crippen molar-refractivity contribution in [3.8, 4) is 17.2 Å². The number of nitrogens with one attached hydrogen (secondary N) is 1. The first-order valence-corrected chi connectivity index (χ1v) is 10.0. The van der Waals surface area contributed by atoms with Crippen LogP contribution in [0.1, 0.15) is 23.2 Å². The molecule has 7 nitrogen and oxygen atoms in total. The molecule has 0 radical (unpaired) electrons. The molecule has 0 atom stereocenters. The van der Waals surface area contributed by atoms with Gasteiger partial charge in [-0.3, -0.25) is 9.59 Å². The highest BCUT2D eigenvalue weighted by Gasteiger charge is 2.25. The normalized spacial score (nSPS) is 13.1. The SMILES string of the molecule is COc1cc(NC(=O)COc2ccc(Br)cc2)c(C(=O)N2CCCC2)cc1OC. The van der Waals surface area contributed by atoms with Crippen molar-refractivity contribution in [2.24, 2.45) is 0 Å². The molecule has 8 heteroatoms. The summed E-state index contributed by atoms with van der Waals surface area (Å²) in [6.45, 7) is 1.22. The van der Waals surface area contributed by atoms with Crippen LogP contribution in [0.2, 0.25) is 0 Å². The lowest BCUT2D eigenvalue weighted by atomic mass is 10.1. The zero-order valence-electron chi connectivity index (χ0n) is 16.4. The molecule has 29 heavy (non-hydrogen) atoms. The van der Waals surface area contributed by atoms with Crippen LogP contribution in [-0.2, 0) is 4.79 Å². The van der Waals surface area contributed by atoms with Crippen LogP contribution in [0.25, 0.3) is 0 Å². The smallest absolute Gasteiger partial charge is 0.262 e. The van der Waals surface area contributed by atoms with E-state index in [-0.39, 0.29) is 18.4 Å². The molecular formula is C21H23BrN2O5. The molecule has 0 aliphatic carbocycles. The molecule has 2 aromatic carbocycles. The Morgan fingerprint density at radius 2 is 1.66 bits per heavy atom. The third-order valence-electron chi connectivity index (χ3n) is 4.61. The number of halogens is 1. The van der Waals surface area contributed by atoms with Crippen molar-refractivity contribution in [2.75, 3.05) is 39.2 Å². The Balaban J connectivity index is 1.78. The zero-order valence-corrected chi connectivity index (χ0v) is 18.0. The van der Waals surface area contributed by atoms with Crippen LogP contribution < -0.4 is 19.5 Å². The van der Waals surface area contributed by atoms with E-state index in [1.807, 2.05) is 12.1 Å². The van der Waals surface area contributed by atoms with Gasteiger partial charge in [-0.05, 0) is 43.2 Å². The summed E-state index contributed by atoms with van der Waals surface area (Å²) in [5, 5.41) is 2.77. The van der Waals surface area contributed by atoms with Crippen LogP contribution in [0.5, 0.6) is 17.2 Å². The van der Waals surface area contributed by atoms with Gasteiger partial charge >= 0.3 is 0 Å². The number of benzene rings is 2. The number of likely N-dealkylation sites (tertiary alicyclic amines) is 1. The lowest BCUT2D eigenvalue weighted by molar-refractivity contribution is -0.118. The van der Waals surface area contributed by atoms with Crippen molar-refractivity contribution >= 4 is 33.4 Å². The fourth-order valence-electron chi connectivity index (χ4n) is 3.12. The molecule has 1 fully saturated rings. The maximum atomic E-state index is 13.0. The molecule has 0 bridgehead atoms. The Bertz CT molecular complexity index is 879. The molecule has 154 valence electrons. The molecule has 1 aliphatic rings. The monoisotopic (exact) mass is 462 g/mol. The standard InChI is InChI=1S/C21H23BrN2O5/c1-27-18-11-16(21(26)24-9-3-4-10-24)17(12-19(18)28-2)23-20(25)13-29-15-7-5-14(22)6-8-15/h5-8,11-12H,3-4,9-10,13H2,1-2H3,(H,23,25). The van der Waals surface area contributed by atoms with Crippen LogP contribution >= 0.6 is 15.9 Å². The summed E-state index contributed by atoms with van der Waals surface area (Å²) < 4.78 is 17.1. The Morgan fingerprint density at radius 3 is 2.28 bits per heavy atom. The van der Waals surface area contributed by atoms with Gasteiger partial charge in [0.15, 0.2) is 18.1 Å². The Labute approximate surface area is 178 Å². The van der Waals surface area contributed by atoms with Crippen molar-refractivity contribution in [1.29, 1.82) is 0 Å². The van der Waals surface area contributed by atoms with Gasteiger partial charge in [0, 0.05) is 23.6 Å². The lowest BCUT2D eigenvalue weighted by Crippen LogP contribution is -2.29. The molecule has 0 saturated carbocycles. The molecule has 1 heterocycles. The maximum Gasteiger partial charge on any atom is 0.262 e. The quantitative estimate of drug-likeness (QED) is 0.678. The third-order valence-corrected chi connectivity index (χ3v) is 5.13. The van der Waals surface area contributed by atoms with E-state index >= 15 is 0 Å². The molecule has 2 amide bonds. The second-order valence-corrected chi connectivity index (χ2v) is 7.46. The van der Waals surface area contributed by atoms with Crippen LogP contribution in [-0.4, -0.2) is 50.6 Å². The van der Waals surface area contributed by atoms with Gasteiger partial charge in [-0.1, -0.05) is 15.9 Å². The molecule has 1 aliphatic heterocycles. The van der Waals surface area contributed by atoms with Crippen LogP contribution in [0.4, 0.5) is 5.69 Å². The van der Waals surface area contributed by atoms with E-state index in [0.717, 1.165) is 17.3 Å². The number of methoxy groups -OCH3 is 2. The molecule has 3 rings (SSSR count). The summed E-state index contributed by atoms with van der Waals surface area (Å²) >= 11 is 3.35. The van der Waals surface area contributed by atoms with E-state index in [0.29, 0.717) is 41.6 Å². The number of nitrogens with zero attached hydrogens (tertiary/aromatic N) is 1. The van der Waals surface area contributed by atoms with Crippen LogP contribution in [0.3, 0.4) is 0 Å². The highest BCUT2D eigenvalue weighted by Crippen LogP contribution is 2.34. The number of rotatable bonds is 7. The minimum absolute atomic E-state index is 0.146. The summed E-state index contributed by atoms with van der Waals surface area (Å²) in [6, 6.07) is 10.4. The van der Waals surface area contributed by atoms with Gasteiger partial charge in [-0.2, -0.15) is 0 Å². The van der Waals surface area contributed by atoms with E-state index in [4.69, 9.17) is 14.2 Å². The summed E-state index contributed by atoms with van der Waals surface area (Å²) in [7, 11) is 3.01. The molecule has 0 unspecified atom stereocenters. The average Bonchev–Trinajstić information content (AvgIpc) is 3.27. The van der Waals surface area contributed by atoms with Crippen molar-refractivity contribution in [2.45, 2.75) is 12.8 Å². The van der Waals surface area contributed by atoms with Gasteiger partial charge in [0.2, 0.25) is 0 Å². The van der Waals surface area contributed by atoms with Crippen LogP contribution in [0.15, 0.2) is 40.9 Å². The van der Waals surface area contributed by atoms with Gasteiger partial charge < -0.3 is 24.4 Å². The van der Waals surface area contributed by atoms with E-state index < -0.39 is 0 Å². The molecule has 2 aromatic rings. The molecule has 0 aromatic heterocycles. The maximum absolute atomic E-state index is 13.0. The van der Waals surface area contributed by atoms with Gasteiger partial charge in [0.1, 0.15) is 5.75 Å². The van der Waals surface area contributed by atoms with Crippen molar-refractivity contribution in [1.82, 2.24) is 4.90 Å². The molecule has 1 N–H and O–H groups in total. The number of carbonyl (C=O) groups excluding carboxylic acids is 2. The topological polar surface area (TPSA) is 77.1 Å². The number of ether oxygens (including phenoxy) is 3. The Morgan fingerprint density at radius 1 is 1.03 bits per heavy atom. The molecular weight excluding hydrogens is 440 g/mol. The van der Waals surface area contributed by atoms with E-state index in [2.05, 4.69) is 21.2 Å². The molecule has 0 spiro atoms. The number of hydrogen-bond acceptors (Lipinski definition) is 5. The van der Waals surface area contributed by atoms with Gasteiger partial charge in [-0.15, -0.1) is 0 Å². The fraction of sp³-hybridized carbons (Fsp3) is 0.333. The predicted octanol–water partition coefficient (Wildman–Crippen LogP) is 3.72. The minimum atomic E-state index is -0.379. The number of amides is 2. The second kappa shape index (κ2) is 9.65. The van der Waals surface area contributed by atoms with E-state index in [9.17, 15) is 9.59 Å². The molecule has 1 saturated heterocycles. The van der Waals surface area contributed by atoms with E-state index in [1.165, 1.54) is 14.2 Å². The predicted molar refractivity (Wildman–Crippen MR) is 113 cm³/mol. The van der Waals surface area contributed by atoms with Crippen molar-refractivity contribution in [3.05, 3.63) is 46.4 Å². The zero-order chi connectivity index (χ0) is 20.8. The van der Waals surface area contributed by atoms with E-state index in [1.54, 1.807) is 29.2 Å². The Hall–Kier alpha value is -2.74. The first-order chi connectivity index (χ1) is 14.0. The summed E-state index contributed by atoms with van der Waals surface area (Å²) in [5.41, 5.74) is 0.727. The summed E-state index contributed by atoms with van der Waals surface area (Å²) in [6.07, 6.45) is 1.95. The number of anilines is 1. The van der Waals surface area contributed by atoms with Crippen molar-refractivity contribution in [3.63, 3.8) is 0 Å². The van der Waals surface area contributed by atoms with Crippen LogP contribution in [0, 0.1) is 0 Å². The number of carbonyl (C=O) groups is 2. The largest absolute Gasteiger partial charge is 0.493 e. The summed E-state index contributed by atoms with van der Waals surface area (Å²) in [5.74, 6) is 0.904. The minimum Gasteiger partial charge on any atom is -0.493 e. The lowest BCUT2D eigenvalue weighted by Gasteiger charge is -2.20. The van der Waals surface area contributed by atoms with Gasteiger partial charge in [0.25, 0.3) is 11.8 Å². The third kappa shape index (κ3) is 5.20. The van der Waals surface area contributed by atoms with Gasteiger partial charge in [-0.25, -0.2) is 0 Å². The van der Waals surface area contributed by atoms with Crippen molar-refractivity contribution < 1.29 is 23.8 Å². The summed E-state index contributed by atoms with van der Waals surface area (Å²) in [4.78, 5) is 27.2. The fourth-order valence-corrected chi connectivity index (χ4v) is 3.38. The first kappa shape index (κ1) is 21.0.